The summed E-state index contributed by atoms with van der Waals surface area (Å²) in [6.45, 7) is 2.08. The largest absolute Gasteiger partial charge is 0.480 e. The van der Waals surface area contributed by atoms with Gasteiger partial charge in [-0.05, 0) is 13.8 Å². The molecule has 0 saturated heterocycles. The lowest BCUT2D eigenvalue weighted by Gasteiger charge is -2.25. The zero-order valence-electron chi connectivity index (χ0n) is 13.3. The Balaban J connectivity index is 2.80. The number of carbonyl (C=O) groups excluding carboxylic acids is 2. The fourth-order valence-electron chi connectivity index (χ4n) is 1.60. The van der Waals surface area contributed by atoms with E-state index in [-0.39, 0.29) is 6.42 Å². The van der Waals surface area contributed by atoms with Gasteiger partial charge in [-0.2, -0.15) is 0 Å². The predicted octanol–water partition coefficient (Wildman–Crippen LogP) is 1.40. The van der Waals surface area contributed by atoms with Gasteiger partial charge in [-0.15, -0.1) is 0 Å². The maximum atomic E-state index is 12.4. The smallest absolute Gasteiger partial charge is 0.407 e. The van der Waals surface area contributed by atoms with Crippen molar-refractivity contribution in [2.75, 3.05) is 6.61 Å². The molecule has 0 fully saturated rings. The monoisotopic (exact) mass is 414 g/mol. The number of halogens is 3. The minimum atomic E-state index is -1.80. The van der Waals surface area contributed by atoms with Gasteiger partial charge in [0, 0.05) is 12.6 Å². The molecule has 0 aliphatic heterocycles. The summed E-state index contributed by atoms with van der Waals surface area (Å²) >= 11 is 16.4. The second kappa shape index (κ2) is 8.59. The van der Waals surface area contributed by atoms with Crippen LogP contribution in [-0.2, 0) is 20.7 Å². The van der Waals surface area contributed by atoms with Gasteiger partial charge in [0.05, 0.1) is 12.0 Å². The normalized spacial score (nSPS) is 13.0. The topological polar surface area (TPSA) is 133 Å². The number of hydrogen-bond acceptors (Lipinski definition) is 5. The van der Waals surface area contributed by atoms with E-state index >= 15 is 0 Å². The van der Waals surface area contributed by atoms with Crippen LogP contribution >= 0.6 is 34.8 Å². The minimum Gasteiger partial charge on any atom is -0.480 e. The third-order valence-electron chi connectivity index (χ3n) is 2.91. The molecule has 0 aliphatic carbocycles. The van der Waals surface area contributed by atoms with E-state index in [1.807, 2.05) is 0 Å². The van der Waals surface area contributed by atoms with Crippen LogP contribution in [0.5, 0.6) is 0 Å². The van der Waals surface area contributed by atoms with E-state index in [0.717, 1.165) is 0 Å². The van der Waals surface area contributed by atoms with Gasteiger partial charge in [-0.1, -0.05) is 34.8 Å². The molecule has 12 heteroatoms. The lowest BCUT2D eigenvalue weighted by atomic mass is 10.0. The average molecular weight is 416 g/mol. The molecule has 1 rings (SSSR count). The Hall–Kier alpha value is -1.71. The highest BCUT2D eigenvalue weighted by Gasteiger charge is 2.33. The number of rotatable bonds is 7. The Morgan fingerprint density at radius 3 is 2.48 bits per heavy atom. The highest BCUT2D eigenvalue weighted by Crippen LogP contribution is 2.25. The van der Waals surface area contributed by atoms with Crippen molar-refractivity contribution in [1.29, 1.82) is 0 Å². The van der Waals surface area contributed by atoms with Gasteiger partial charge in [0.1, 0.15) is 18.2 Å². The van der Waals surface area contributed by atoms with Gasteiger partial charge in [0.15, 0.2) is 0 Å². The number of aromatic amines is 1. The van der Waals surface area contributed by atoms with Crippen molar-refractivity contribution in [3.05, 3.63) is 18.2 Å². The highest BCUT2D eigenvalue weighted by atomic mass is 35.6. The number of carboxylic acid groups (broad SMARTS) is 1. The maximum absolute atomic E-state index is 12.4. The standard InChI is InChI=1S/C13H17Cl3N4O5/c1-12(2,10(22)23)20-9(21)8(3-7-4-17-6-18-7)19-11(24)25-5-13(14,15)16/h4,6,8H,3,5H2,1-2H3,(H,17,18)(H,19,24)(H,20,21)(H,22,23)/t8-/m0/s1. The Morgan fingerprint density at radius 2 is 2.00 bits per heavy atom. The number of ether oxygens (including phenoxy) is 1. The fourth-order valence-corrected chi connectivity index (χ4v) is 1.76. The van der Waals surface area contributed by atoms with E-state index in [2.05, 4.69) is 20.6 Å². The van der Waals surface area contributed by atoms with Crippen molar-refractivity contribution in [2.24, 2.45) is 0 Å². The summed E-state index contributed by atoms with van der Waals surface area (Å²) < 4.78 is 2.91. The molecule has 0 radical (unpaired) electrons. The fraction of sp³-hybridized carbons (Fsp3) is 0.538. The van der Waals surface area contributed by atoms with Crippen molar-refractivity contribution >= 4 is 52.8 Å². The number of imidazole rings is 1. The molecule has 4 N–H and O–H groups in total. The average Bonchev–Trinajstić information content (AvgIpc) is 2.96. The number of amides is 2. The predicted molar refractivity (Wildman–Crippen MR) is 90.7 cm³/mol. The van der Waals surface area contributed by atoms with Crippen molar-refractivity contribution in [1.82, 2.24) is 20.6 Å². The Morgan fingerprint density at radius 1 is 1.36 bits per heavy atom. The highest BCUT2D eigenvalue weighted by molar-refractivity contribution is 6.67. The third kappa shape index (κ3) is 7.80. The Bertz CT molecular complexity index is 616. The number of aromatic nitrogens is 2. The van der Waals surface area contributed by atoms with Crippen LogP contribution in [0.4, 0.5) is 4.79 Å². The zero-order chi connectivity index (χ0) is 19.3. The number of alkyl carbamates (subject to hydrolysis) is 1. The number of nitrogens with zero attached hydrogens (tertiary/aromatic N) is 1. The SMILES string of the molecule is CC(C)(NC(=O)[C@H](Cc1c[nH]cn1)NC(=O)OCC(Cl)(Cl)Cl)C(=O)O. The van der Waals surface area contributed by atoms with Crippen LogP contribution in [0.2, 0.25) is 0 Å². The zero-order valence-corrected chi connectivity index (χ0v) is 15.6. The third-order valence-corrected chi connectivity index (χ3v) is 3.24. The lowest BCUT2D eigenvalue weighted by molar-refractivity contribution is -0.146. The molecule has 9 nitrogen and oxygen atoms in total. The quantitative estimate of drug-likeness (QED) is 0.497. The summed E-state index contributed by atoms with van der Waals surface area (Å²) in [4.78, 5) is 42.0. The molecule has 0 aliphatic rings. The molecule has 140 valence electrons. The molecule has 0 spiro atoms. The summed E-state index contributed by atoms with van der Waals surface area (Å²) in [5, 5.41) is 13.7. The second-order valence-corrected chi connectivity index (χ2v) is 8.09. The Labute approximate surface area is 158 Å². The van der Waals surface area contributed by atoms with E-state index in [1.54, 1.807) is 0 Å². The van der Waals surface area contributed by atoms with Crippen LogP contribution in [0.25, 0.3) is 0 Å². The van der Waals surface area contributed by atoms with Gasteiger partial charge < -0.3 is 25.5 Å². The number of aliphatic carboxylic acids is 1. The maximum Gasteiger partial charge on any atom is 0.407 e. The number of carboxylic acids is 1. The first-order chi connectivity index (χ1) is 11.4. The van der Waals surface area contributed by atoms with Crippen LogP contribution in [0.3, 0.4) is 0 Å². The molecule has 1 aromatic heterocycles. The summed E-state index contributed by atoms with van der Waals surface area (Å²) in [5.41, 5.74) is -1.07. The number of carbonyl (C=O) groups is 3. The molecular weight excluding hydrogens is 399 g/mol. The molecule has 25 heavy (non-hydrogen) atoms. The van der Waals surface area contributed by atoms with Crippen molar-refractivity contribution in [3.63, 3.8) is 0 Å². The molecule has 0 bridgehead atoms. The first kappa shape index (κ1) is 21.3. The van der Waals surface area contributed by atoms with Crippen LogP contribution in [-0.4, -0.2) is 55.0 Å². The second-order valence-electron chi connectivity index (χ2n) is 5.57. The number of H-pyrrole nitrogens is 1. The summed E-state index contributed by atoms with van der Waals surface area (Å²) in [5.74, 6) is -1.97. The lowest BCUT2D eigenvalue weighted by Crippen LogP contribution is -2.57. The molecule has 1 atom stereocenters. The van der Waals surface area contributed by atoms with Crippen molar-refractivity contribution in [2.45, 2.75) is 35.6 Å². The van der Waals surface area contributed by atoms with E-state index < -0.39 is 39.9 Å². The molecule has 0 saturated carbocycles. The number of nitrogens with one attached hydrogen (secondary N) is 3. The van der Waals surface area contributed by atoms with E-state index in [9.17, 15) is 14.4 Å². The number of hydrogen-bond donors (Lipinski definition) is 4. The first-order valence-corrected chi connectivity index (χ1v) is 8.07. The summed E-state index contributed by atoms with van der Waals surface area (Å²) in [7, 11) is 0. The van der Waals surface area contributed by atoms with Gasteiger partial charge in [0.25, 0.3) is 0 Å². The van der Waals surface area contributed by atoms with Gasteiger partial charge in [-0.25, -0.2) is 14.6 Å². The van der Waals surface area contributed by atoms with E-state index in [4.69, 9.17) is 44.6 Å². The van der Waals surface area contributed by atoms with E-state index in [0.29, 0.717) is 5.69 Å². The summed E-state index contributed by atoms with van der Waals surface area (Å²) in [6, 6.07) is -1.15. The first-order valence-electron chi connectivity index (χ1n) is 6.94. The van der Waals surface area contributed by atoms with Gasteiger partial charge >= 0.3 is 12.1 Å². The molecule has 1 aromatic rings. The van der Waals surface area contributed by atoms with Gasteiger partial charge in [-0.3, -0.25) is 4.79 Å². The molecule has 1 heterocycles. The molecule has 2 amide bonds. The number of alkyl halides is 3. The Kier molecular flexibility index (Phi) is 7.33. The summed E-state index contributed by atoms with van der Waals surface area (Å²) in [6.07, 6.45) is 1.91. The minimum absolute atomic E-state index is 0.00605. The van der Waals surface area contributed by atoms with E-state index in [1.165, 1.54) is 26.4 Å². The van der Waals surface area contributed by atoms with Crippen molar-refractivity contribution in [3.8, 4) is 0 Å². The molecular formula is C13H17Cl3N4O5. The van der Waals surface area contributed by atoms with Crippen LogP contribution in [0.15, 0.2) is 12.5 Å². The van der Waals surface area contributed by atoms with Crippen LogP contribution < -0.4 is 10.6 Å². The van der Waals surface area contributed by atoms with Crippen LogP contribution in [0.1, 0.15) is 19.5 Å². The van der Waals surface area contributed by atoms with Crippen molar-refractivity contribution < 1.29 is 24.2 Å². The molecule has 0 unspecified atom stereocenters. The van der Waals surface area contributed by atoms with Gasteiger partial charge in [0.2, 0.25) is 9.70 Å². The van der Waals surface area contributed by atoms with Crippen LogP contribution in [0, 0.1) is 0 Å². The molecule has 0 aromatic carbocycles.